The number of rotatable bonds is 7. The van der Waals surface area contributed by atoms with Crippen LogP contribution in [0.1, 0.15) is 26.3 Å². The molecule has 0 atom stereocenters. The second kappa shape index (κ2) is 8.50. The molecule has 4 nitrogen and oxygen atoms in total. The summed E-state index contributed by atoms with van der Waals surface area (Å²) in [4.78, 5) is 2.45. The van der Waals surface area contributed by atoms with E-state index in [0.29, 0.717) is 6.04 Å². The summed E-state index contributed by atoms with van der Waals surface area (Å²) < 4.78 is 1.84. The monoisotopic (exact) mass is 260 g/mol. The van der Waals surface area contributed by atoms with Gasteiger partial charge in [0.2, 0.25) is 0 Å². The molecule has 5 heteroatoms. The van der Waals surface area contributed by atoms with Gasteiger partial charge in [0.1, 0.15) is 0 Å². The third kappa shape index (κ3) is 6.05. The van der Waals surface area contributed by atoms with Crippen molar-refractivity contribution in [3.8, 4) is 0 Å². The predicted octanol–water partition coefficient (Wildman–Crippen LogP) is 1.66. The molecule has 0 aliphatic carbocycles. The highest BCUT2D eigenvalue weighted by Gasteiger charge is 2.05. The minimum Gasteiger partial charge on any atom is -0.311 e. The number of nitrogens with zero attached hydrogens (tertiary/aromatic N) is 3. The van der Waals surface area contributed by atoms with E-state index in [2.05, 4.69) is 36.1 Å². The molecule has 100 valence electrons. The zero-order chi connectivity index (χ0) is 12.0. The Balaban J connectivity index is 0.00000256. The van der Waals surface area contributed by atoms with Gasteiger partial charge in [-0.2, -0.15) is 5.10 Å². The van der Waals surface area contributed by atoms with Crippen LogP contribution in [0, 0.1) is 0 Å². The van der Waals surface area contributed by atoms with E-state index in [1.54, 1.807) is 0 Å². The first kappa shape index (κ1) is 16.4. The first-order valence-electron chi connectivity index (χ1n) is 6.05. The lowest BCUT2D eigenvalue weighted by Crippen LogP contribution is -2.36. The lowest BCUT2D eigenvalue weighted by molar-refractivity contribution is 0.233. The summed E-state index contributed by atoms with van der Waals surface area (Å²) in [6, 6.07) is 0.630. The maximum Gasteiger partial charge on any atom is 0.0534 e. The molecule has 0 saturated carbocycles. The lowest BCUT2D eigenvalue weighted by atomic mass is 10.3. The highest BCUT2D eigenvalue weighted by atomic mass is 35.5. The maximum absolute atomic E-state index is 4.14. The molecule has 1 heterocycles. The van der Waals surface area contributed by atoms with Gasteiger partial charge >= 0.3 is 0 Å². The van der Waals surface area contributed by atoms with Crippen LogP contribution in [0.25, 0.3) is 0 Å². The number of hydrogen-bond donors (Lipinski definition) is 1. The topological polar surface area (TPSA) is 33.1 Å². The Bertz CT molecular complexity index is 298. The second-order valence-corrected chi connectivity index (χ2v) is 4.42. The summed E-state index contributed by atoms with van der Waals surface area (Å²) in [5.41, 5.74) is 1.25. The minimum absolute atomic E-state index is 0. The molecule has 1 N–H and O–H groups in total. The van der Waals surface area contributed by atoms with E-state index in [1.165, 1.54) is 5.56 Å². The quantitative estimate of drug-likeness (QED) is 0.757. The normalized spacial score (nSPS) is 10.9. The van der Waals surface area contributed by atoms with Crippen molar-refractivity contribution >= 4 is 12.4 Å². The van der Waals surface area contributed by atoms with Crippen molar-refractivity contribution in [2.45, 2.75) is 33.4 Å². The van der Waals surface area contributed by atoms with Crippen LogP contribution in [0.4, 0.5) is 0 Å². The largest absolute Gasteiger partial charge is 0.311 e. The van der Waals surface area contributed by atoms with Crippen LogP contribution in [-0.2, 0) is 13.6 Å². The van der Waals surface area contributed by atoms with E-state index in [1.807, 2.05) is 24.1 Å². The smallest absolute Gasteiger partial charge is 0.0534 e. The molecule has 1 rings (SSSR count). The fraction of sp³-hybridized carbons (Fsp3) is 0.750. The fourth-order valence-electron chi connectivity index (χ4n) is 1.80. The summed E-state index contributed by atoms with van der Waals surface area (Å²) >= 11 is 0. The molecule has 0 aliphatic rings. The molecule has 0 aliphatic heterocycles. The van der Waals surface area contributed by atoms with Crippen molar-refractivity contribution in [3.63, 3.8) is 0 Å². The number of halogens is 1. The van der Waals surface area contributed by atoms with Crippen molar-refractivity contribution in [2.24, 2.45) is 7.05 Å². The summed E-state index contributed by atoms with van der Waals surface area (Å²) in [6.45, 7) is 10.8. The van der Waals surface area contributed by atoms with Gasteiger partial charge in [-0.05, 0) is 20.4 Å². The van der Waals surface area contributed by atoms with Crippen LogP contribution in [0.5, 0.6) is 0 Å². The Hall–Kier alpha value is -0.580. The standard InChI is InChI=1S/C12H24N4.ClH/c1-5-16(11(2)3)7-6-13-8-12-9-14-15(4)10-12;/h9-11,13H,5-8H2,1-4H3;1H. The van der Waals surface area contributed by atoms with Crippen LogP contribution in [0.2, 0.25) is 0 Å². The first-order valence-corrected chi connectivity index (χ1v) is 6.05. The molecule has 0 bridgehead atoms. The van der Waals surface area contributed by atoms with Crippen LogP contribution in [-0.4, -0.2) is 40.4 Å². The first-order chi connectivity index (χ1) is 7.63. The molecule has 0 amide bonds. The molecular weight excluding hydrogens is 236 g/mol. The van der Waals surface area contributed by atoms with E-state index in [9.17, 15) is 0 Å². The Morgan fingerprint density at radius 1 is 1.47 bits per heavy atom. The average molecular weight is 261 g/mol. The fourth-order valence-corrected chi connectivity index (χ4v) is 1.80. The average Bonchev–Trinajstić information content (AvgIpc) is 2.64. The van der Waals surface area contributed by atoms with Gasteiger partial charge in [-0.3, -0.25) is 9.58 Å². The van der Waals surface area contributed by atoms with Crippen molar-refractivity contribution in [1.82, 2.24) is 20.0 Å². The van der Waals surface area contributed by atoms with Gasteiger partial charge in [-0.15, -0.1) is 12.4 Å². The zero-order valence-electron chi connectivity index (χ0n) is 11.3. The SMILES string of the molecule is CCN(CCNCc1cnn(C)c1)C(C)C.Cl. The van der Waals surface area contributed by atoms with Crippen molar-refractivity contribution in [2.75, 3.05) is 19.6 Å². The summed E-state index contributed by atoms with van der Waals surface area (Å²) in [6.07, 6.45) is 3.96. The Morgan fingerprint density at radius 2 is 2.18 bits per heavy atom. The second-order valence-electron chi connectivity index (χ2n) is 4.42. The molecule has 0 radical (unpaired) electrons. The lowest BCUT2D eigenvalue weighted by Gasteiger charge is -2.24. The van der Waals surface area contributed by atoms with E-state index in [4.69, 9.17) is 0 Å². The van der Waals surface area contributed by atoms with Crippen LogP contribution in [0.15, 0.2) is 12.4 Å². The molecule has 1 aromatic heterocycles. The predicted molar refractivity (Wildman–Crippen MR) is 74.5 cm³/mol. The summed E-state index contributed by atoms with van der Waals surface area (Å²) in [5, 5.41) is 7.58. The molecule has 0 aromatic carbocycles. The van der Waals surface area contributed by atoms with Gasteiger partial charge in [0.05, 0.1) is 6.20 Å². The number of aryl methyl sites for hydroxylation is 1. The zero-order valence-corrected chi connectivity index (χ0v) is 12.1. The number of nitrogens with one attached hydrogen (secondary N) is 1. The van der Waals surface area contributed by atoms with Crippen LogP contribution < -0.4 is 5.32 Å². The van der Waals surface area contributed by atoms with E-state index in [0.717, 1.165) is 26.2 Å². The van der Waals surface area contributed by atoms with E-state index < -0.39 is 0 Å². The van der Waals surface area contributed by atoms with Gasteiger partial charge in [0.15, 0.2) is 0 Å². The molecule has 0 unspecified atom stereocenters. The van der Waals surface area contributed by atoms with Crippen molar-refractivity contribution < 1.29 is 0 Å². The highest BCUT2D eigenvalue weighted by Crippen LogP contribution is 1.97. The Morgan fingerprint density at radius 3 is 2.65 bits per heavy atom. The van der Waals surface area contributed by atoms with E-state index in [-0.39, 0.29) is 12.4 Å². The number of hydrogen-bond acceptors (Lipinski definition) is 3. The summed E-state index contributed by atoms with van der Waals surface area (Å²) in [5.74, 6) is 0. The third-order valence-corrected chi connectivity index (χ3v) is 2.80. The molecule has 0 spiro atoms. The highest BCUT2D eigenvalue weighted by molar-refractivity contribution is 5.85. The maximum atomic E-state index is 4.14. The molecule has 17 heavy (non-hydrogen) atoms. The molecule has 0 fully saturated rings. The summed E-state index contributed by atoms with van der Waals surface area (Å²) in [7, 11) is 1.95. The number of likely N-dealkylation sites (N-methyl/N-ethyl adjacent to an activating group) is 1. The van der Waals surface area contributed by atoms with Gasteiger partial charge in [0.25, 0.3) is 0 Å². The van der Waals surface area contributed by atoms with Gasteiger partial charge in [-0.25, -0.2) is 0 Å². The Kier molecular flexibility index (Phi) is 8.21. The van der Waals surface area contributed by atoms with Gasteiger partial charge in [0, 0.05) is 44.5 Å². The van der Waals surface area contributed by atoms with Crippen molar-refractivity contribution in [1.29, 1.82) is 0 Å². The molecule has 1 aromatic rings. The van der Waals surface area contributed by atoms with Crippen LogP contribution >= 0.6 is 12.4 Å². The third-order valence-electron chi connectivity index (χ3n) is 2.80. The van der Waals surface area contributed by atoms with Crippen molar-refractivity contribution in [3.05, 3.63) is 18.0 Å². The van der Waals surface area contributed by atoms with E-state index >= 15 is 0 Å². The molecule has 0 saturated heterocycles. The molecular formula is C12H25ClN4. The van der Waals surface area contributed by atoms with Gasteiger partial charge in [-0.1, -0.05) is 6.92 Å². The van der Waals surface area contributed by atoms with Gasteiger partial charge < -0.3 is 5.32 Å². The minimum atomic E-state index is 0. The number of aromatic nitrogens is 2. The van der Waals surface area contributed by atoms with Crippen LogP contribution in [0.3, 0.4) is 0 Å². The Labute approximate surface area is 111 Å².